The van der Waals surface area contributed by atoms with Gasteiger partial charge in [0.25, 0.3) is 0 Å². The standard InChI is InChI=1S/C21H17Cl2NOS/c22-19-10-3-1-6-16(19)13-24-21(26)15-8-5-9-18(12-15)25-14-17-7-2-4-11-20(17)23/h1-12H,13-14H2,(H,24,26). The fourth-order valence-electron chi connectivity index (χ4n) is 2.42. The molecule has 0 unspecified atom stereocenters. The summed E-state index contributed by atoms with van der Waals surface area (Å²) in [6, 6.07) is 23.0. The second kappa shape index (κ2) is 9.04. The molecule has 0 saturated heterocycles. The maximum absolute atomic E-state index is 6.18. The van der Waals surface area contributed by atoms with Gasteiger partial charge in [-0.3, -0.25) is 0 Å². The molecule has 0 aliphatic heterocycles. The van der Waals surface area contributed by atoms with E-state index in [1.165, 1.54) is 0 Å². The first-order chi connectivity index (χ1) is 12.6. The van der Waals surface area contributed by atoms with Crippen molar-refractivity contribution in [3.05, 3.63) is 99.5 Å². The van der Waals surface area contributed by atoms with Gasteiger partial charge < -0.3 is 10.1 Å². The van der Waals surface area contributed by atoms with Crippen LogP contribution < -0.4 is 10.1 Å². The molecule has 0 saturated carbocycles. The molecule has 132 valence electrons. The maximum Gasteiger partial charge on any atom is 0.120 e. The van der Waals surface area contributed by atoms with E-state index in [4.69, 9.17) is 40.2 Å². The van der Waals surface area contributed by atoms with Crippen LogP contribution in [-0.2, 0) is 13.2 Å². The Bertz CT molecular complexity index is 914. The van der Waals surface area contributed by atoms with E-state index in [0.29, 0.717) is 23.2 Å². The van der Waals surface area contributed by atoms with Crippen molar-refractivity contribution in [1.82, 2.24) is 5.32 Å². The normalized spacial score (nSPS) is 10.4. The minimum atomic E-state index is 0.406. The molecule has 3 rings (SSSR count). The Morgan fingerprint density at radius 2 is 1.50 bits per heavy atom. The highest BCUT2D eigenvalue weighted by Gasteiger charge is 2.06. The van der Waals surface area contributed by atoms with E-state index < -0.39 is 0 Å². The lowest BCUT2D eigenvalue weighted by atomic mass is 10.2. The molecule has 0 amide bonds. The summed E-state index contributed by atoms with van der Waals surface area (Å²) >= 11 is 17.8. The SMILES string of the molecule is S=C(NCc1ccccc1Cl)c1cccc(OCc2ccccc2Cl)c1. The van der Waals surface area contributed by atoms with Crippen LogP contribution in [-0.4, -0.2) is 4.99 Å². The first kappa shape index (κ1) is 18.7. The zero-order valence-corrected chi connectivity index (χ0v) is 16.2. The Hall–Kier alpha value is -2.07. The number of rotatable bonds is 6. The van der Waals surface area contributed by atoms with Crippen molar-refractivity contribution in [3.63, 3.8) is 0 Å². The summed E-state index contributed by atoms with van der Waals surface area (Å²) in [5, 5.41) is 4.65. The topological polar surface area (TPSA) is 21.3 Å². The first-order valence-electron chi connectivity index (χ1n) is 8.11. The molecule has 0 aromatic heterocycles. The molecule has 0 fully saturated rings. The third-order valence-corrected chi connectivity index (χ3v) is 4.96. The number of benzene rings is 3. The number of thiocarbonyl (C=S) groups is 1. The number of nitrogens with one attached hydrogen (secondary N) is 1. The molecule has 5 heteroatoms. The second-order valence-electron chi connectivity index (χ2n) is 5.68. The molecule has 3 aromatic rings. The molecule has 3 aromatic carbocycles. The monoisotopic (exact) mass is 401 g/mol. The van der Waals surface area contributed by atoms with Crippen LogP contribution in [0.2, 0.25) is 10.0 Å². The van der Waals surface area contributed by atoms with Crippen molar-refractivity contribution >= 4 is 40.4 Å². The number of halogens is 2. The Labute approximate surface area is 168 Å². The first-order valence-corrected chi connectivity index (χ1v) is 9.28. The zero-order chi connectivity index (χ0) is 18.4. The third kappa shape index (κ3) is 4.98. The van der Waals surface area contributed by atoms with Gasteiger partial charge in [-0.05, 0) is 29.8 Å². The van der Waals surface area contributed by atoms with Crippen LogP contribution in [0.1, 0.15) is 16.7 Å². The van der Waals surface area contributed by atoms with Gasteiger partial charge in [0.15, 0.2) is 0 Å². The predicted octanol–water partition coefficient (Wildman–Crippen LogP) is 6.04. The van der Waals surface area contributed by atoms with Crippen molar-refractivity contribution in [1.29, 1.82) is 0 Å². The number of hydrogen-bond donors (Lipinski definition) is 1. The molecule has 0 heterocycles. The molecule has 2 nitrogen and oxygen atoms in total. The van der Waals surface area contributed by atoms with Crippen LogP contribution in [0.5, 0.6) is 5.75 Å². The van der Waals surface area contributed by atoms with Gasteiger partial charge in [-0.2, -0.15) is 0 Å². The highest BCUT2D eigenvalue weighted by molar-refractivity contribution is 7.80. The lowest BCUT2D eigenvalue weighted by Gasteiger charge is -2.12. The smallest absolute Gasteiger partial charge is 0.120 e. The van der Waals surface area contributed by atoms with E-state index in [2.05, 4.69) is 5.32 Å². The van der Waals surface area contributed by atoms with Gasteiger partial charge in [0.1, 0.15) is 17.3 Å². The number of hydrogen-bond acceptors (Lipinski definition) is 2. The van der Waals surface area contributed by atoms with Gasteiger partial charge in [0, 0.05) is 27.7 Å². The molecular weight excluding hydrogens is 385 g/mol. The fraction of sp³-hybridized carbons (Fsp3) is 0.0952. The average molecular weight is 402 g/mol. The van der Waals surface area contributed by atoms with Crippen molar-refractivity contribution in [3.8, 4) is 5.75 Å². The molecule has 0 aliphatic carbocycles. The predicted molar refractivity (Wildman–Crippen MR) is 112 cm³/mol. The minimum Gasteiger partial charge on any atom is -0.489 e. The van der Waals surface area contributed by atoms with E-state index >= 15 is 0 Å². The van der Waals surface area contributed by atoms with Crippen LogP contribution in [0, 0.1) is 0 Å². The van der Waals surface area contributed by atoms with E-state index in [-0.39, 0.29) is 0 Å². The van der Waals surface area contributed by atoms with Gasteiger partial charge in [0.2, 0.25) is 0 Å². The van der Waals surface area contributed by atoms with E-state index in [9.17, 15) is 0 Å². The second-order valence-corrected chi connectivity index (χ2v) is 6.90. The van der Waals surface area contributed by atoms with Crippen molar-refractivity contribution < 1.29 is 4.74 Å². The molecule has 0 bridgehead atoms. The maximum atomic E-state index is 6.18. The molecule has 26 heavy (non-hydrogen) atoms. The van der Waals surface area contributed by atoms with Crippen molar-refractivity contribution in [2.45, 2.75) is 13.2 Å². The molecule has 0 radical (unpaired) electrons. The minimum absolute atomic E-state index is 0.406. The van der Waals surface area contributed by atoms with Crippen LogP contribution >= 0.6 is 35.4 Å². The third-order valence-electron chi connectivity index (χ3n) is 3.85. The Morgan fingerprint density at radius 3 is 2.19 bits per heavy atom. The highest BCUT2D eigenvalue weighted by Crippen LogP contribution is 2.20. The van der Waals surface area contributed by atoms with Gasteiger partial charge in [-0.25, -0.2) is 0 Å². The lowest BCUT2D eigenvalue weighted by molar-refractivity contribution is 0.306. The Balaban J connectivity index is 1.62. The largest absolute Gasteiger partial charge is 0.489 e. The molecule has 0 spiro atoms. The van der Waals surface area contributed by atoms with E-state index in [0.717, 1.165) is 27.5 Å². The van der Waals surface area contributed by atoms with Crippen LogP contribution in [0.4, 0.5) is 0 Å². The van der Waals surface area contributed by atoms with Crippen LogP contribution in [0.15, 0.2) is 72.8 Å². The summed E-state index contributed by atoms with van der Waals surface area (Å²) in [7, 11) is 0. The van der Waals surface area contributed by atoms with Crippen molar-refractivity contribution in [2.75, 3.05) is 0 Å². The summed E-state index contributed by atoms with van der Waals surface area (Å²) in [5.41, 5.74) is 2.84. The average Bonchev–Trinajstić information content (AvgIpc) is 2.67. The Morgan fingerprint density at radius 1 is 0.846 bits per heavy atom. The number of ether oxygens (including phenoxy) is 1. The van der Waals surface area contributed by atoms with Gasteiger partial charge >= 0.3 is 0 Å². The lowest BCUT2D eigenvalue weighted by Crippen LogP contribution is -2.21. The van der Waals surface area contributed by atoms with Crippen molar-refractivity contribution in [2.24, 2.45) is 0 Å². The van der Waals surface area contributed by atoms with Gasteiger partial charge in [-0.15, -0.1) is 0 Å². The highest BCUT2D eigenvalue weighted by atomic mass is 35.5. The summed E-state index contributed by atoms with van der Waals surface area (Å²) < 4.78 is 5.85. The molecule has 0 aliphatic rings. The zero-order valence-electron chi connectivity index (χ0n) is 13.9. The molecule has 0 atom stereocenters. The summed E-state index contributed by atoms with van der Waals surface area (Å²) in [6.07, 6.45) is 0. The van der Waals surface area contributed by atoms with Crippen LogP contribution in [0.3, 0.4) is 0 Å². The Kier molecular flexibility index (Phi) is 6.51. The molecule has 1 N–H and O–H groups in total. The summed E-state index contributed by atoms with van der Waals surface area (Å²) in [6.45, 7) is 0.978. The van der Waals surface area contributed by atoms with E-state index in [1.807, 2.05) is 72.8 Å². The van der Waals surface area contributed by atoms with E-state index in [1.54, 1.807) is 0 Å². The summed E-state index contributed by atoms with van der Waals surface area (Å²) in [4.78, 5) is 0.646. The quantitative estimate of drug-likeness (QED) is 0.508. The molecular formula is C21H17Cl2NOS. The van der Waals surface area contributed by atoms with Gasteiger partial charge in [0.05, 0.1) is 0 Å². The van der Waals surface area contributed by atoms with Gasteiger partial charge in [-0.1, -0.05) is 84.0 Å². The van der Waals surface area contributed by atoms with Crippen LogP contribution in [0.25, 0.3) is 0 Å². The fourth-order valence-corrected chi connectivity index (χ4v) is 3.01. The summed E-state index contributed by atoms with van der Waals surface area (Å²) in [5.74, 6) is 0.740.